The molecule has 1 saturated heterocycles. The van der Waals surface area contributed by atoms with Crippen molar-refractivity contribution < 1.29 is 0 Å². The van der Waals surface area contributed by atoms with Crippen molar-refractivity contribution in [1.29, 1.82) is 0 Å². The molecule has 0 spiro atoms. The van der Waals surface area contributed by atoms with Crippen LogP contribution in [0.3, 0.4) is 0 Å². The molecule has 0 radical (unpaired) electrons. The molecule has 2 rings (SSSR count). The summed E-state index contributed by atoms with van der Waals surface area (Å²) in [6.45, 7) is 7.58. The number of likely N-dealkylation sites (N-methyl/N-ethyl adjacent to an activating group) is 1. The maximum atomic E-state index is 5.87. The Morgan fingerprint density at radius 1 is 1.26 bits per heavy atom. The lowest BCUT2D eigenvalue weighted by Crippen LogP contribution is -2.48. The SMILES string of the molecule is CCC(CN)CN1CCN(C)CC1c1ccccc1. The lowest BCUT2D eigenvalue weighted by molar-refractivity contribution is 0.0753. The van der Waals surface area contributed by atoms with Crippen LogP contribution in [0.4, 0.5) is 0 Å². The number of nitrogens with zero attached hydrogens (tertiary/aromatic N) is 2. The van der Waals surface area contributed by atoms with E-state index in [4.69, 9.17) is 5.73 Å². The number of benzene rings is 1. The van der Waals surface area contributed by atoms with Gasteiger partial charge in [-0.1, -0.05) is 43.7 Å². The monoisotopic (exact) mass is 261 g/mol. The molecule has 1 aliphatic heterocycles. The summed E-state index contributed by atoms with van der Waals surface area (Å²) in [4.78, 5) is 5.05. The highest BCUT2D eigenvalue weighted by molar-refractivity contribution is 5.20. The van der Waals surface area contributed by atoms with E-state index in [-0.39, 0.29) is 0 Å². The minimum absolute atomic E-state index is 0.514. The summed E-state index contributed by atoms with van der Waals surface area (Å²) in [6, 6.07) is 11.4. The standard InChI is InChI=1S/C16H27N3/c1-3-14(11-17)12-19-10-9-18(2)13-16(19)15-7-5-4-6-8-15/h4-8,14,16H,3,9-13,17H2,1-2H3. The molecule has 1 heterocycles. The van der Waals surface area contributed by atoms with Crippen LogP contribution in [-0.2, 0) is 0 Å². The lowest BCUT2D eigenvalue weighted by atomic mass is 9.99. The van der Waals surface area contributed by atoms with Crippen molar-refractivity contribution in [3.8, 4) is 0 Å². The average Bonchev–Trinajstić information content (AvgIpc) is 2.47. The van der Waals surface area contributed by atoms with Crippen LogP contribution in [0.1, 0.15) is 24.9 Å². The molecule has 2 atom stereocenters. The molecule has 106 valence electrons. The third kappa shape index (κ3) is 3.78. The first-order valence-corrected chi connectivity index (χ1v) is 7.42. The zero-order chi connectivity index (χ0) is 13.7. The van der Waals surface area contributed by atoms with Gasteiger partial charge < -0.3 is 10.6 Å². The van der Waals surface area contributed by atoms with Crippen molar-refractivity contribution in [3.63, 3.8) is 0 Å². The first kappa shape index (κ1) is 14.5. The van der Waals surface area contributed by atoms with E-state index in [1.165, 1.54) is 12.0 Å². The number of hydrogen-bond donors (Lipinski definition) is 1. The van der Waals surface area contributed by atoms with Crippen molar-refractivity contribution in [1.82, 2.24) is 9.80 Å². The van der Waals surface area contributed by atoms with Crippen LogP contribution >= 0.6 is 0 Å². The number of piperazine rings is 1. The van der Waals surface area contributed by atoms with Gasteiger partial charge in [0.15, 0.2) is 0 Å². The van der Waals surface area contributed by atoms with Gasteiger partial charge in [0, 0.05) is 32.2 Å². The summed E-state index contributed by atoms with van der Waals surface area (Å²) in [5.74, 6) is 0.620. The molecule has 0 amide bonds. The van der Waals surface area contributed by atoms with E-state index in [2.05, 4.69) is 54.1 Å². The van der Waals surface area contributed by atoms with Crippen LogP contribution in [0, 0.1) is 5.92 Å². The molecule has 3 heteroatoms. The molecule has 2 N–H and O–H groups in total. The van der Waals surface area contributed by atoms with Gasteiger partial charge in [0.25, 0.3) is 0 Å². The summed E-state index contributed by atoms with van der Waals surface area (Å²) in [7, 11) is 2.22. The van der Waals surface area contributed by atoms with Gasteiger partial charge in [-0.3, -0.25) is 4.90 Å². The normalized spacial score (nSPS) is 23.4. The topological polar surface area (TPSA) is 32.5 Å². The number of rotatable bonds is 5. The summed E-state index contributed by atoms with van der Waals surface area (Å²) in [5.41, 5.74) is 7.31. The van der Waals surface area contributed by atoms with E-state index in [0.29, 0.717) is 12.0 Å². The fourth-order valence-corrected chi connectivity index (χ4v) is 2.87. The van der Waals surface area contributed by atoms with E-state index in [0.717, 1.165) is 32.7 Å². The van der Waals surface area contributed by atoms with Crippen LogP contribution in [0.5, 0.6) is 0 Å². The third-order valence-corrected chi connectivity index (χ3v) is 4.28. The first-order valence-electron chi connectivity index (χ1n) is 7.42. The predicted octanol–water partition coefficient (Wildman–Crippen LogP) is 1.96. The Balaban J connectivity index is 2.11. The first-order chi connectivity index (χ1) is 9.24. The lowest BCUT2D eigenvalue weighted by Gasteiger charge is -2.41. The van der Waals surface area contributed by atoms with Crippen LogP contribution in [0.2, 0.25) is 0 Å². The van der Waals surface area contributed by atoms with Crippen molar-refractivity contribution in [3.05, 3.63) is 35.9 Å². The second-order valence-corrected chi connectivity index (χ2v) is 5.69. The summed E-state index contributed by atoms with van der Waals surface area (Å²) in [6.07, 6.45) is 1.17. The highest BCUT2D eigenvalue weighted by Gasteiger charge is 2.27. The Morgan fingerprint density at radius 2 is 2.00 bits per heavy atom. The van der Waals surface area contributed by atoms with Crippen LogP contribution in [-0.4, -0.2) is 49.6 Å². The second kappa shape index (κ2) is 7.04. The van der Waals surface area contributed by atoms with Crippen molar-refractivity contribution in [2.24, 2.45) is 11.7 Å². The molecule has 0 aliphatic carbocycles. The van der Waals surface area contributed by atoms with E-state index in [1.54, 1.807) is 0 Å². The van der Waals surface area contributed by atoms with Crippen LogP contribution in [0.15, 0.2) is 30.3 Å². The highest BCUT2D eigenvalue weighted by Crippen LogP contribution is 2.25. The van der Waals surface area contributed by atoms with Crippen molar-refractivity contribution >= 4 is 0 Å². The van der Waals surface area contributed by atoms with E-state index in [1.807, 2.05) is 0 Å². The smallest absolute Gasteiger partial charge is 0.0475 e. The number of hydrogen-bond acceptors (Lipinski definition) is 3. The second-order valence-electron chi connectivity index (χ2n) is 5.69. The molecule has 1 fully saturated rings. The van der Waals surface area contributed by atoms with E-state index in [9.17, 15) is 0 Å². The molecular formula is C16H27N3. The molecule has 1 aliphatic rings. The van der Waals surface area contributed by atoms with Crippen molar-refractivity contribution in [2.75, 3.05) is 39.8 Å². The molecular weight excluding hydrogens is 234 g/mol. The number of nitrogens with two attached hydrogens (primary N) is 1. The molecule has 2 unspecified atom stereocenters. The van der Waals surface area contributed by atoms with Crippen LogP contribution in [0.25, 0.3) is 0 Å². The largest absolute Gasteiger partial charge is 0.330 e. The fourth-order valence-electron chi connectivity index (χ4n) is 2.87. The Bertz CT molecular complexity index is 362. The zero-order valence-corrected chi connectivity index (χ0v) is 12.3. The van der Waals surface area contributed by atoms with Gasteiger partial charge >= 0.3 is 0 Å². The quantitative estimate of drug-likeness (QED) is 0.879. The molecule has 19 heavy (non-hydrogen) atoms. The molecule has 1 aromatic rings. The average molecular weight is 261 g/mol. The minimum Gasteiger partial charge on any atom is -0.330 e. The molecule has 0 bridgehead atoms. The van der Waals surface area contributed by atoms with Gasteiger partial charge in [0.2, 0.25) is 0 Å². The minimum atomic E-state index is 0.514. The fraction of sp³-hybridized carbons (Fsp3) is 0.625. The molecule has 0 aromatic heterocycles. The van der Waals surface area contributed by atoms with Gasteiger partial charge in [0.05, 0.1) is 0 Å². The van der Waals surface area contributed by atoms with Gasteiger partial charge in [-0.25, -0.2) is 0 Å². The maximum Gasteiger partial charge on any atom is 0.0475 e. The van der Waals surface area contributed by atoms with Gasteiger partial charge in [-0.05, 0) is 25.1 Å². The molecule has 1 aromatic carbocycles. The summed E-state index contributed by atoms with van der Waals surface area (Å²) >= 11 is 0. The maximum absolute atomic E-state index is 5.87. The van der Waals surface area contributed by atoms with Crippen LogP contribution < -0.4 is 5.73 Å². The summed E-state index contributed by atoms with van der Waals surface area (Å²) in [5, 5.41) is 0. The zero-order valence-electron chi connectivity index (χ0n) is 12.3. The predicted molar refractivity (Wildman–Crippen MR) is 81.1 cm³/mol. The Labute approximate surface area is 117 Å². The highest BCUT2D eigenvalue weighted by atomic mass is 15.3. The summed E-state index contributed by atoms with van der Waals surface area (Å²) < 4.78 is 0. The van der Waals surface area contributed by atoms with Crippen molar-refractivity contribution in [2.45, 2.75) is 19.4 Å². The molecule has 3 nitrogen and oxygen atoms in total. The Morgan fingerprint density at radius 3 is 2.63 bits per heavy atom. The van der Waals surface area contributed by atoms with Gasteiger partial charge in [0.1, 0.15) is 0 Å². The molecule has 0 saturated carbocycles. The van der Waals surface area contributed by atoms with Gasteiger partial charge in [-0.2, -0.15) is 0 Å². The van der Waals surface area contributed by atoms with E-state index >= 15 is 0 Å². The Hall–Kier alpha value is -0.900. The third-order valence-electron chi connectivity index (χ3n) is 4.28. The van der Waals surface area contributed by atoms with E-state index < -0.39 is 0 Å². The Kier molecular flexibility index (Phi) is 5.37. The van der Waals surface area contributed by atoms with Gasteiger partial charge in [-0.15, -0.1) is 0 Å².